The van der Waals surface area contributed by atoms with Crippen LogP contribution in [0.25, 0.3) is 0 Å². The van der Waals surface area contributed by atoms with Gasteiger partial charge in [0, 0.05) is 20.3 Å². The summed E-state index contributed by atoms with van der Waals surface area (Å²) in [6.45, 7) is 6.95. The van der Waals surface area contributed by atoms with E-state index in [1.54, 1.807) is 13.8 Å². The monoisotopic (exact) mass is 500 g/mol. The van der Waals surface area contributed by atoms with Gasteiger partial charge in [-0.25, -0.2) is 0 Å². The van der Waals surface area contributed by atoms with E-state index in [0.29, 0.717) is 6.42 Å². The Kier molecular flexibility index (Phi) is 43.6. The van der Waals surface area contributed by atoms with Crippen molar-refractivity contribution in [3.8, 4) is 0 Å². The molecule has 0 atom stereocenters. The van der Waals surface area contributed by atoms with Crippen LogP contribution in [0.5, 0.6) is 0 Å². The van der Waals surface area contributed by atoms with Gasteiger partial charge in [0.25, 0.3) is 11.9 Å². The SMILES string of the molecule is CC(=O)O.CC(=O)O.CC(C)C(=O)O.CCCCCCCCCCCC(=O)O.OCC(O)CO. The Morgan fingerprint density at radius 1 is 0.647 bits per heavy atom. The van der Waals surface area contributed by atoms with Crippen molar-refractivity contribution in [1.29, 1.82) is 0 Å². The van der Waals surface area contributed by atoms with Crippen molar-refractivity contribution >= 4 is 23.9 Å². The summed E-state index contributed by atoms with van der Waals surface area (Å²) in [6, 6.07) is 0. The first-order valence-corrected chi connectivity index (χ1v) is 11.4. The summed E-state index contributed by atoms with van der Waals surface area (Å²) in [4.78, 5) is 37.9. The van der Waals surface area contributed by atoms with E-state index < -0.39 is 30.0 Å². The number of aliphatic hydroxyl groups is 3. The standard InChI is InChI=1S/C12H24O2.C4H8O2.C3H8O3.2C2H4O2/c1-2-3-4-5-6-7-8-9-10-11-12(13)14;1-3(2)4(5)6;4-1-3(6)2-5;2*1-2(3)4/h2-11H2,1H3,(H,13,14);3H,1-2H3,(H,5,6);3-6H,1-2H2;2*1H3,(H,3,4). The van der Waals surface area contributed by atoms with Gasteiger partial charge in [0.1, 0.15) is 6.10 Å². The lowest BCUT2D eigenvalue weighted by molar-refractivity contribution is -0.140. The van der Waals surface area contributed by atoms with Crippen molar-refractivity contribution in [2.24, 2.45) is 5.92 Å². The zero-order valence-electron chi connectivity index (χ0n) is 21.4. The van der Waals surface area contributed by atoms with Crippen LogP contribution in [0.3, 0.4) is 0 Å². The molecular formula is C23H48O11. The molecule has 0 bridgehead atoms. The molecule has 34 heavy (non-hydrogen) atoms. The van der Waals surface area contributed by atoms with E-state index in [9.17, 15) is 9.59 Å². The third kappa shape index (κ3) is 87.6. The average molecular weight is 501 g/mol. The molecule has 0 aliphatic carbocycles. The molecule has 7 N–H and O–H groups in total. The van der Waals surface area contributed by atoms with Gasteiger partial charge in [-0.15, -0.1) is 0 Å². The van der Waals surface area contributed by atoms with Gasteiger partial charge in [-0.05, 0) is 6.42 Å². The zero-order chi connectivity index (χ0) is 27.9. The minimum Gasteiger partial charge on any atom is -0.481 e. The topological polar surface area (TPSA) is 210 Å². The van der Waals surface area contributed by atoms with Crippen LogP contribution in [0.15, 0.2) is 0 Å². The van der Waals surface area contributed by atoms with Crippen LogP contribution < -0.4 is 0 Å². The van der Waals surface area contributed by atoms with Gasteiger partial charge in [0.05, 0.1) is 19.1 Å². The molecule has 0 aromatic heterocycles. The maximum Gasteiger partial charge on any atom is 0.305 e. The van der Waals surface area contributed by atoms with Gasteiger partial charge in [-0.2, -0.15) is 0 Å². The highest BCUT2D eigenvalue weighted by Crippen LogP contribution is 2.10. The second-order valence-electron chi connectivity index (χ2n) is 7.52. The average Bonchev–Trinajstić information content (AvgIpc) is 2.71. The van der Waals surface area contributed by atoms with Crippen molar-refractivity contribution in [3.05, 3.63) is 0 Å². The molecule has 0 aromatic carbocycles. The third-order valence-electron chi connectivity index (χ3n) is 3.41. The van der Waals surface area contributed by atoms with Crippen LogP contribution in [0, 0.1) is 5.92 Å². The molecular weight excluding hydrogens is 452 g/mol. The van der Waals surface area contributed by atoms with Crippen LogP contribution in [0.4, 0.5) is 0 Å². The third-order valence-corrected chi connectivity index (χ3v) is 3.41. The Labute approximate surface area is 203 Å². The number of aliphatic hydroxyl groups excluding tert-OH is 3. The molecule has 0 rings (SSSR count). The van der Waals surface area contributed by atoms with Crippen LogP contribution >= 0.6 is 0 Å². The molecule has 0 saturated heterocycles. The molecule has 0 aliphatic rings. The summed E-state index contributed by atoms with van der Waals surface area (Å²) in [5.74, 6) is -3.30. The second-order valence-corrected chi connectivity index (χ2v) is 7.52. The minimum atomic E-state index is -0.954. The summed E-state index contributed by atoms with van der Waals surface area (Å²) in [5.41, 5.74) is 0. The van der Waals surface area contributed by atoms with Crippen LogP contribution in [-0.2, 0) is 19.2 Å². The molecule has 0 amide bonds. The van der Waals surface area contributed by atoms with Gasteiger partial charge < -0.3 is 35.7 Å². The van der Waals surface area contributed by atoms with E-state index in [1.807, 2.05) is 0 Å². The lowest BCUT2D eigenvalue weighted by Gasteiger charge is -2.00. The number of unbranched alkanes of at least 4 members (excludes halogenated alkanes) is 8. The van der Waals surface area contributed by atoms with Gasteiger partial charge >= 0.3 is 11.9 Å². The largest absolute Gasteiger partial charge is 0.481 e. The van der Waals surface area contributed by atoms with E-state index in [4.69, 9.17) is 45.3 Å². The van der Waals surface area contributed by atoms with E-state index in [1.165, 1.54) is 44.9 Å². The quantitative estimate of drug-likeness (QED) is 0.182. The molecule has 0 aliphatic heterocycles. The molecule has 0 spiro atoms. The summed E-state index contributed by atoms with van der Waals surface area (Å²) in [7, 11) is 0. The predicted molar refractivity (Wildman–Crippen MR) is 129 cm³/mol. The zero-order valence-corrected chi connectivity index (χ0v) is 21.4. The predicted octanol–water partition coefficient (Wildman–Crippen LogP) is 3.23. The highest BCUT2D eigenvalue weighted by molar-refractivity contribution is 5.68. The van der Waals surface area contributed by atoms with E-state index >= 15 is 0 Å². The molecule has 11 heteroatoms. The summed E-state index contributed by atoms with van der Waals surface area (Å²) in [6.07, 6.45) is 10.5. The fraction of sp³-hybridized carbons (Fsp3) is 0.826. The fourth-order valence-electron chi connectivity index (χ4n) is 1.64. The highest BCUT2D eigenvalue weighted by atomic mass is 16.4. The molecule has 0 saturated carbocycles. The molecule has 0 radical (unpaired) electrons. The molecule has 0 heterocycles. The first-order chi connectivity index (χ1) is 15.7. The van der Waals surface area contributed by atoms with Gasteiger partial charge in [0.15, 0.2) is 0 Å². The lowest BCUT2D eigenvalue weighted by atomic mass is 10.1. The van der Waals surface area contributed by atoms with Crippen molar-refractivity contribution in [1.82, 2.24) is 0 Å². The van der Waals surface area contributed by atoms with Crippen molar-refractivity contribution < 1.29 is 54.9 Å². The number of hydrogen-bond acceptors (Lipinski definition) is 7. The molecule has 206 valence electrons. The Hall–Kier alpha value is -2.24. The van der Waals surface area contributed by atoms with Crippen molar-refractivity contribution in [2.45, 2.75) is 105 Å². The number of aliphatic carboxylic acids is 4. The fourth-order valence-corrected chi connectivity index (χ4v) is 1.64. The molecule has 11 nitrogen and oxygen atoms in total. The van der Waals surface area contributed by atoms with E-state index in [0.717, 1.165) is 26.7 Å². The Morgan fingerprint density at radius 2 is 0.912 bits per heavy atom. The van der Waals surface area contributed by atoms with Crippen LogP contribution in [0.1, 0.15) is 98.8 Å². The number of hydrogen-bond donors (Lipinski definition) is 7. The second kappa shape index (κ2) is 35.4. The van der Waals surface area contributed by atoms with Crippen molar-refractivity contribution in [2.75, 3.05) is 13.2 Å². The minimum absolute atomic E-state index is 0.231. The van der Waals surface area contributed by atoms with E-state index in [2.05, 4.69) is 6.92 Å². The van der Waals surface area contributed by atoms with E-state index in [-0.39, 0.29) is 19.1 Å². The number of carboxylic acids is 4. The molecule has 0 unspecified atom stereocenters. The lowest BCUT2D eigenvalue weighted by Crippen LogP contribution is -2.15. The Bertz CT molecular complexity index is 442. The number of rotatable bonds is 13. The van der Waals surface area contributed by atoms with Gasteiger partial charge in [-0.1, -0.05) is 72.1 Å². The molecule has 0 fully saturated rings. The van der Waals surface area contributed by atoms with Crippen LogP contribution in [-0.4, -0.2) is 78.9 Å². The summed E-state index contributed by atoms with van der Waals surface area (Å²) in [5, 5.41) is 55.3. The van der Waals surface area contributed by atoms with Crippen LogP contribution in [0.2, 0.25) is 0 Å². The highest BCUT2D eigenvalue weighted by Gasteiger charge is 1.99. The normalized spacial score (nSPS) is 9.12. The Balaban J connectivity index is -0.000000117. The van der Waals surface area contributed by atoms with Crippen molar-refractivity contribution in [3.63, 3.8) is 0 Å². The maximum absolute atomic E-state index is 10.2. The van der Waals surface area contributed by atoms with Gasteiger partial charge in [-0.3, -0.25) is 19.2 Å². The smallest absolute Gasteiger partial charge is 0.305 e. The first kappa shape index (κ1) is 42.0. The maximum atomic E-state index is 10.2. The summed E-state index contributed by atoms with van der Waals surface area (Å²) < 4.78 is 0. The summed E-state index contributed by atoms with van der Waals surface area (Å²) >= 11 is 0. The Morgan fingerprint density at radius 3 is 1.09 bits per heavy atom. The number of carboxylic acid groups (broad SMARTS) is 4. The number of carbonyl (C=O) groups is 4. The van der Waals surface area contributed by atoms with Gasteiger partial charge in [0.2, 0.25) is 0 Å². The molecule has 0 aromatic rings. The first-order valence-electron chi connectivity index (χ1n) is 11.4.